The first-order valence-electron chi connectivity index (χ1n) is 7.68. The molecule has 0 bridgehead atoms. The van der Waals surface area contributed by atoms with Crippen LogP contribution in [-0.2, 0) is 0 Å². The third-order valence-electron chi connectivity index (χ3n) is 4.38. The van der Waals surface area contributed by atoms with Crippen LogP contribution >= 0.6 is 15.9 Å². The molecule has 7 nitrogen and oxygen atoms in total. The summed E-state index contributed by atoms with van der Waals surface area (Å²) in [4.78, 5) is 0. The average molecular weight is 417 g/mol. The number of methoxy groups -OCH3 is 2. The van der Waals surface area contributed by atoms with Crippen molar-refractivity contribution in [3.8, 4) is 23.3 Å². The Labute approximate surface area is 159 Å². The van der Waals surface area contributed by atoms with Crippen LogP contribution in [-0.4, -0.2) is 20.1 Å². The van der Waals surface area contributed by atoms with E-state index < -0.39 is 11.8 Å². The minimum Gasteiger partial charge on any atom is -0.493 e. The molecule has 134 valence electrons. The lowest BCUT2D eigenvalue weighted by molar-refractivity contribution is 0.352. The van der Waals surface area contributed by atoms with Crippen molar-refractivity contribution in [3.05, 3.63) is 39.9 Å². The molecule has 0 aromatic heterocycles. The summed E-state index contributed by atoms with van der Waals surface area (Å²) in [6, 6.07) is 9.22. The van der Waals surface area contributed by atoms with E-state index in [1.54, 1.807) is 25.3 Å². The molecule has 0 spiro atoms. The number of rotatable bonds is 3. The van der Waals surface area contributed by atoms with Crippen LogP contribution in [0.2, 0.25) is 0 Å². The van der Waals surface area contributed by atoms with E-state index in [0.29, 0.717) is 33.0 Å². The Kier molecular flexibility index (Phi) is 4.66. The number of nitriles is 1. The molecule has 0 saturated heterocycles. The molecule has 1 heterocycles. The zero-order valence-corrected chi connectivity index (χ0v) is 15.8. The molecule has 8 heteroatoms. The summed E-state index contributed by atoms with van der Waals surface area (Å²) in [7, 11) is 3.08. The molecule has 2 atom stereocenters. The third kappa shape index (κ3) is 2.70. The minimum atomic E-state index is -0.810. The van der Waals surface area contributed by atoms with E-state index in [2.05, 4.69) is 22.0 Å². The number of benzene rings is 2. The Morgan fingerprint density at radius 2 is 1.96 bits per heavy atom. The summed E-state index contributed by atoms with van der Waals surface area (Å²) in [5.41, 5.74) is 14.0. The van der Waals surface area contributed by atoms with Gasteiger partial charge in [-0.3, -0.25) is 5.41 Å². The number of nitrogens with two attached hydrogens (primary N) is 2. The standard InChI is InChI=1S/C18H17BrN4O3/c1-24-13-6-8(5-11(19)17(13)25-2)14-9-3-4-12(21)15(22)16(9)26-18(23)10(14)7-20/h3-6,10,14,23H,21-22H2,1-2H3/t10?,14-/m0/s1. The first-order valence-corrected chi connectivity index (χ1v) is 8.47. The summed E-state index contributed by atoms with van der Waals surface area (Å²) < 4.78 is 16.9. The van der Waals surface area contributed by atoms with Crippen LogP contribution in [0.5, 0.6) is 17.2 Å². The maximum Gasteiger partial charge on any atom is 0.205 e. The summed E-state index contributed by atoms with van der Waals surface area (Å²) in [5.74, 6) is -0.0723. The zero-order chi connectivity index (χ0) is 19.0. The Bertz CT molecular complexity index is 939. The van der Waals surface area contributed by atoms with Gasteiger partial charge in [0.05, 0.1) is 36.1 Å². The van der Waals surface area contributed by atoms with Crippen molar-refractivity contribution < 1.29 is 14.2 Å². The van der Waals surface area contributed by atoms with E-state index in [-0.39, 0.29) is 11.6 Å². The number of nitrogens with zero attached hydrogens (tertiary/aromatic N) is 1. The average Bonchev–Trinajstić information content (AvgIpc) is 2.63. The molecule has 1 aliphatic rings. The molecule has 0 fully saturated rings. The van der Waals surface area contributed by atoms with Crippen molar-refractivity contribution in [2.45, 2.75) is 5.92 Å². The van der Waals surface area contributed by atoms with Gasteiger partial charge in [-0.25, -0.2) is 0 Å². The minimum absolute atomic E-state index is 0.173. The quantitative estimate of drug-likeness (QED) is 0.658. The number of hydrogen-bond donors (Lipinski definition) is 3. The van der Waals surface area contributed by atoms with Crippen molar-refractivity contribution in [2.24, 2.45) is 5.92 Å². The normalized spacial score (nSPS) is 18.5. The fraction of sp³-hybridized carbons (Fsp3) is 0.222. The molecule has 0 aliphatic carbocycles. The van der Waals surface area contributed by atoms with Gasteiger partial charge in [-0.15, -0.1) is 0 Å². The van der Waals surface area contributed by atoms with Gasteiger partial charge in [-0.2, -0.15) is 5.26 Å². The molecule has 1 unspecified atom stereocenters. The molecule has 1 aliphatic heterocycles. The number of nitrogens with one attached hydrogen (secondary N) is 1. The molecule has 2 aromatic carbocycles. The topological polar surface area (TPSA) is 127 Å². The van der Waals surface area contributed by atoms with Crippen LogP contribution in [0.25, 0.3) is 0 Å². The van der Waals surface area contributed by atoms with E-state index in [0.717, 1.165) is 5.56 Å². The van der Waals surface area contributed by atoms with E-state index >= 15 is 0 Å². The molecule has 26 heavy (non-hydrogen) atoms. The molecule has 3 rings (SSSR count). The van der Waals surface area contributed by atoms with Gasteiger partial charge >= 0.3 is 0 Å². The Morgan fingerprint density at radius 1 is 1.23 bits per heavy atom. The molecule has 0 radical (unpaired) electrons. The van der Waals surface area contributed by atoms with Gasteiger partial charge < -0.3 is 25.7 Å². The van der Waals surface area contributed by atoms with Gasteiger partial charge in [0.2, 0.25) is 5.90 Å². The summed E-state index contributed by atoms with van der Waals surface area (Å²) >= 11 is 3.47. The van der Waals surface area contributed by atoms with Crippen molar-refractivity contribution in [1.29, 1.82) is 10.7 Å². The first kappa shape index (κ1) is 17.9. The van der Waals surface area contributed by atoms with E-state index in [9.17, 15) is 5.26 Å². The van der Waals surface area contributed by atoms with Gasteiger partial charge in [0.15, 0.2) is 17.2 Å². The fourth-order valence-corrected chi connectivity index (χ4v) is 3.74. The monoisotopic (exact) mass is 416 g/mol. The molecule has 0 amide bonds. The highest BCUT2D eigenvalue weighted by atomic mass is 79.9. The van der Waals surface area contributed by atoms with Crippen LogP contribution in [0.3, 0.4) is 0 Å². The number of nitrogen functional groups attached to an aromatic ring is 2. The van der Waals surface area contributed by atoms with Crippen molar-refractivity contribution >= 4 is 33.2 Å². The molecule has 0 saturated carbocycles. The van der Waals surface area contributed by atoms with Gasteiger partial charge in [-0.05, 0) is 39.7 Å². The number of ether oxygens (including phenoxy) is 3. The van der Waals surface area contributed by atoms with Gasteiger partial charge in [0.1, 0.15) is 5.92 Å². The second-order valence-corrected chi connectivity index (χ2v) is 6.63. The number of hydrogen-bond acceptors (Lipinski definition) is 7. The molecule has 5 N–H and O–H groups in total. The number of fused-ring (bicyclic) bond motifs is 1. The first-order chi connectivity index (χ1) is 12.4. The van der Waals surface area contributed by atoms with Crippen molar-refractivity contribution in [1.82, 2.24) is 0 Å². The number of halogens is 1. The fourth-order valence-electron chi connectivity index (χ4n) is 3.12. The van der Waals surface area contributed by atoms with E-state index in [1.165, 1.54) is 7.11 Å². The molecular formula is C18H17BrN4O3. The van der Waals surface area contributed by atoms with Crippen molar-refractivity contribution in [2.75, 3.05) is 25.7 Å². The maximum atomic E-state index is 9.64. The smallest absolute Gasteiger partial charge is 0.205 e. The Hall–Kier alpha value is -2.92. The highest BCUT2D eigenvalue weighted by Crippen LogP contribution is 2.48. The van der Waals surface area contributed by atoms with Crippen LogP contribution in [0.15, 0.2) is 28.7 Å². The van der Waals surface area contributed by atoms with Crippen LogP contribution in [0, 0.1) is 22.7 Å². The molecule has 2 aromatic rings. The molecular weight excluding hydrogens is 400 g/mol. The van der Waals surface area contributed by atoms with E-state index in [4.69, 9.17) is 31.1 Å². The third-order valence-corrected chi connectivity index (χ3v) is 4.97. The Morgan fingerprint density at radius 3 is 2.58 bits per heavy atom. The van der Waals surface area contributed by atoms with Crippen LogP contribution < -0.4 is 25.7 Å². The van der Waals surface area contributed by atoms with Gasteiger partial charge in [-0.1, -0.05) is 6.07 Å². The second-order valence-electron chi connectivity index (χ2n) is 5.78. The lowest BCUT2D eigenvalue weighted by Crippen LogP contribution is -2.31. The summed E-state index contributed by atoms with van der Waals surface area (Å²) in [5, 5.41) is 17.8. The number of anilines is 2. The SMILES string of the molecule is COc1cc([C@H]2c3ccc(N)c(N)c3OC(=N)C2C#N)cc(Br)c1OC. The summed E-state index contributed by atoms with van der Waals surface area (Å²) in [6.07, 6.45) is 0. The van der Waals surface area contributed by atoms with Gasteiger partial charge in [0, 0.05) is 11.5 Å². The summed E-state index contributed by atoms with van der Waals surface area (Å²) in [6.45, 7) is 0. The lowest BCUT2D eigenvalue weighted by atomic mass is 9.78. The zero-order valence-electron chi connectivity index (χ0n) is 14.2. The highest BCUT2D eigenvalue weighted by molar-refractivity contribution is 9.10. The van der Waals surface area contributed by atoms with Crippen LogP contribution in [0.1, 0.15) is 17.0 Å². The Balaban J connectivity index is 2.26. The van der Waals surface area contributed by atoms with Gasteiger partial charge in [0.25, 0.3) is 0 Å². The van der Waals surface area contributed by atoms with Crippen molar-refractivity contribution in [3.63, 3.8) is 0 Å². The predicted molar refractivity (Wildman–Crippen MR) is 102 cm³/mol. The van der Waals surface area contributed by atoms with E-state index in [1.807, 2.05) is 6.07 Å². The lowest BCUT2D eigenvalue weighted by Gasteiger charge is -2.31. The maximum absolute atomic E-state index is 9.64. The predicted octanol–water partition coefficient (Wildman–Crippen LogP) is 3.27. The van der Waals surface area contributed by atoms with Crippen LogP contribution in [0.4, 0.5) is 11.4 Å². The largest absolute Gasteiger partial charge is 0.493 e. The second kappa shape index (κ2) is 6.77. The highest BCUT2D eigenvalue weighted by Gasteiger charge is 2.38.